The fourth-order valence-electron chi connectivity index (χ4n) is 2.64. The Hall–Kier alpha value is -2.05. The first kappa shape index (κ1) is 21.3. The highest BCUT2D eigenvalue weighted by Crippen LogP contribution is 2.27. The van der Waals surface area contributed by atoms with Crippen LogP contribution >= 0.6 is 11.6 Å². The Morgan fingerprint density at radius 2 is 1.85 bits per heavy atom. The van der Waals surface area contributed by atoms with Gasteiger partial charge in [0.15, 0.2) is 0 Å². The highest BCUT2D eigenvalue weighted by molar-refractivity contribution is 7.92. The van der Waals surface area contributed by atoms with Gasteiger partial charge in [0.25, 0.3) is 10.0 Å². The van der Waals surface area contributed by atoms with E-state index in [1.165, 1.54) is 12.1 Å². The van der Waals surface area contributed by atoms with Crippen molar-refractivity contribution in [2.24, 2.45) is 0 Å². The standard InChI is InChI=1S/C20H24ClNO4S/c1-4-7-16-8-5-11-19(12-16)27(24,25)22(14-20(23)26-15(2)3)18-10-6-9-17(21)13-18/h5-6,8-13,15H,4,7,14H2,1-3H3. The minimum absolute atomic E-state index is 0.130. The smallest absolute Gasteiger partial charge is 0.327 e. The lowest BCUT2D eigenvalue weighted by Gasteiger charge is -2.24. The number of carbonyl (C=O) groups excluding carboxylic acids is 1. The summed E-state index contributed by atoms with van der Waals surface area (Å²) < 4.78 is 32.8. The molecule has 27 heavy (non-hydrogen) atoms. The quantitative estimate of drug-likeness (QED) is 0.604. The normalized spacial score (nSPS) is 11.4. The van der Waals surface area contributed by atoms with Crippen molar-refractivity contribution in [2.75, 3.05) is 10.8 Å². The molecule has 7 heteroatoms. The Balaban J connectivity index is 2.47. The number of hydrogen-bond donors (Lipinski definition) is 0. The zero-order chi connectivity index (χ0) is 20.0. The van der Waals surface area contributed by atoms with Gasteiger partial charge in [0, 0.05) is 5.02 Å². The van der Waals surface area contributed by atoms with E-state index in [1.807, 2.05) is 13.0 Å². The van der Waals surface area contributed by atoms with Gasteiger partial charge >= 0.3 is 5.97 Å². The molecule has 0 bridgehead atoms. The van der Waals surface area contributed by atoms with Gasteiger partial charge in [-0.05, 0) is 56.2 Å². The van der Waals surface area contributed by atoms with Crippen LogP contribution in [-0.4, -0.2) is 27.0 Å². The summed E-state index contributed by atoms with van der Waals surface area (Å²) in [6.07, 6.45) is 1.34. The summed E-state index contributed by atoms with van der Waals surface area (Å²) in [7, 11) is -3.97. The van der Waals surface area contributed by atoms with Crippen LogP contribution in [0.5, 0.6) is 0 Å². The number of halogens is 1. The average Bonchev–Trinajstić information content (AvgIpc) is 2.59. The third-order valence-electron chi connectivity index (χ3n) is 3.76. The summed E-state index contributed by atoms with van der Waals surface area (Å²) in [4.78, 5) is 12.3. The number of hydrogen-bond acceptors (Lipinski definition) is 4. The minimum atomic E-state index is -3.97. The van der Waals surface area contributed by atoms with Crippen molar-refractivity contribution in [1.82, 2.24) is 0 Å². The number of aryl methyl sites for hydroxylation is 1. The molecular weight excluding hydrogens is 386 g/mol. The number of benzene rings is 2. The van der Waals surface area contributed by atoms with E-state index in [-0.39, 0.29) is 11.0 Å². The van der Waals surface area contributed by atoms with Gasteiger partial charge in [0.1, 0.15) is 6.54 Å². The molecule has 0 fully saturated rings. The van der Waals surface area contributed by atoms with Crippen LogP contribution in [0.2, 0.25) is 5.02 Å². The Labute approximate surface area is 166 Å². The molecule has 0 spiro atoms. The monoisotopic (exact) mass is 409 g/mol. The van der Waals surface area contributed by atoms with Crippen LogP contribution in [0.25, 0.3) is 0 Å². The second-order valence-electron chi connectivity index (χ2n) is 6.43. The van der Waals surface area contributed by atoms with Gasteiger partial charge in [0.2, 0.25) is 0 Å². The molecule has 0 aliphatic carbocycles. The van der Waals surface area contributed by atoms with E-state index in [1.54, 1.807) is 44.2 Å². The molecule has 0 N–H and O–H groups in total. The molecule has 0 radical (unpaired) electrons. The zero-order valence-corrected chi connectivity index (χ0v) is 17.3. The summed E-state index contributed by atoms with van der Waals surface area (Å²) in [5, 5.41) is 0.379. The van der Waals surface area contributed by atoms with Crippen molar-refractivity contribution < 1.29 is 17.9 Å². The van der Waals surface area contributed by atoms with E-state index in [4.69, 9.17) is 16.3 Å². The SMILES string of the molecule is CCCc1cccc(S(=O)(=O)N(CC(=O)OC(C)C)c2cccc(Cl)c2)c1. The van der Waals surface area contributed by atoms with Crippen LogP contribution in [0.1, 0.15) is 32.8 Å². The Bertz CT molecular complexity index is 896. The highest BCUT2D eigenvalue weighted by Gasteiger charge is 2.28. The van der Waals surface area contributed by atoms with Crippen molar-refractivity contribution in [2.45, 2.75) is 44.6 Å². The summed E-state index contributed by atoms with van der Waals surface area (Å²) >= 11 is 6.03. The first-order valence-electron chi connectivity index (χ1n) is 8.80. The van der Waals surface area contributed by atoms with Crippen LogP contribution in [0.3, 0.4) is 0 Å². The van der Waals surface area contributed by atoms with Crippen molar-refractivity contribution >= 4 is 33.3 Å². The molecular formula is C20H24ClNO4S. The zero-order valence-electron chi connectivity index (χ0n) is 15.7. The maximum Gasteiger partial charge on any atom is 0.327 e. The summed E-state index contributed by atoms with van der Waals surface area (Å²) in [6.45, 7) is 5.02. The predicted molar refractivity (Wildman–Crippen MR) is 108 cm³/mol. The maximum atomic E-state index is 13.3. The van der Waals surface area contributed by atoms with Crippen LogP contribution in [0.4, 0.5) is 5.69 Å². The first-order chi connectivity index (χ1) is 12.7. The molecule has 0 atom stereocenters. The van der Waals surface area contributed by atoms with Gasteiger partial charge in [-0.3, -0.25) is 9.10 Å². The lowest BCUT2D eigenvalue weighted by molar-refractivity contribution is -0.145. The van der Waals surface area contributed by atoms with Crippen LogP contribution in [-0.2, 0) is 26.0 Å². The number of nitrogens with zero attached hydrogens (tertiary/aromatic N) is 1. The van der Waals surface area contributed by atoms with E-state index in [9.17, 15) is 13.2 Å². The molecule has 5 nitrogen and oxygen atoms in total. The van der Waals surface area contributed by atoms with E-state index < -0.39 is 22.5 Å². The average molecular weight is 410 g/mol. The van der Waals surface area contributed by atoms with Crippen LogP contribution < -0.4 is 4.31 Å². The third kappa shape index (κ3) is 5.71. The molecule has 2 aromatic carbocycles. The minimum Gasteiger partial charge on any atom is -0.462 e. The molecule has 0 unspecified atom stereocenters. The molecule has 2 aromatic rings. The van der Waals surface area contributed by atoms with Crippen LogP contribution in [0.15, 0.2) is 53.4 Å². The van der Waals surface area contributed by atoms with Gasteiger partial charge in [-0.1, -0.05) is 43.1 Å². The number of sulfonamides is 1. The molecule has 0 heterocycles. The van der Waals surface area contributed by atoms with Crippen LogP contribution in [0, 0.1) is 0 Å². The van der Waals surface area contributed by atoms with E-state index in [0.29, 0.717) is 10.7 Å². The number of anilines is 1. The number of esters is 1. The summed E-state index contributed by atoms with van der Waals surface area (Å²) in [5.41, 5.74) is 1.23. The van der Waals surface area contributed by atoms with Crippen molar-refractivity contribution in [3.05, 3.63) is 59.1 Å². The molecule has 0 saturated heterocycles. The Morgan fingerprint density at radius 3 is 2.48 bits per heavy atom. The topological polar surface area (TPSA) is 63.7 Å². The summed E-state index contributed by atoms with van der Waals surface area (Å²) in [6, 6.07) is 13.2. The fraction of sp³-hybridized carbons (Fsp3) is 0.350. The molecule has 0 aliphatic rings. The maximum absolute atomic E-state index is 13.3. The molecule has 146 valence electrons. The number of ether oxygens (including phenoxy) is 1. The Kier molecular flexibility index (Phi) is 7.27. The van der Waals surface area contributed by atoms with E-state index in [2.05, 4.69) is 0 Å². The van der Waals surface area contributed by atoms with Crippen molar-refractivity contribution in [3.8, 4) is 0 Å². The second-order valence-corrected chi connectivity index (χ2v) is 8.73. The van der Waals surface area contributed by atoms with E-state index >= 15 is 0 Å². The van der Waals surface area contributed by atoms with Crippen molar-refractivity contribution in [3.63, 3.8) is 0 Å². The van der Waals surface area contributed by atoms with Gasteiger partial charge in [-0.15, -0.1) is 0 Å². The fourth-order valence-corrected chi connectivity index (χ4v) is 4.30. The molecule has 0 aliphatic heterocycles. The van der Waals surface area contributed by atoms with Gasteiger partial charge < -0.3 is 4.74 Å². The van der Waals surface area contributed by atoms with Gasteiger partial charge in [-0.25, -0.2) is 8.42 Å². The number of rotatable bonds is 8. The summed E-state index contributed by atoms with van der Waals surface area (Å²) in [5.74, 6) is -0.627. The first-order valence-corrected chi connectivity index (χ1v) is 10.6. The largest absolute Gasteiger partial charge is 0.462 e. The van der Waals surface area contributed by atoms with E-state index in [0.717, 1.165) is 22.7 Å². The predicted octanol–water partition coefficient (Wildman–Crippen LogP) is 4.44. The number of carbonyl (C=O) groups is 1. The van der Waals surface area contributed by atoms with Gasteiger partial charge in [0.05, 0.1) is 16.7 Å². The lowest BCUT2D eigenvalue weighted by atomic mass is 10.1. The third-order valence-corrected chi connectivity index (χ3v) is 5.77. The van der Waals surface area contributed by atoms with Crippen molar-refractivity contribution in [1.29, 1.82) is 0 Å². The van der Waals surface area contributed by atoms with Gasteiger partial charge in [-0.2, -0.15) is 0 Å². The lowest BCUT2D eigenvalue weighted by Crippen LogP contribution is -2.37. The molecule has 2 rings (SSSR count). The highest BCUT2D eigenvalue weighted by atomic mass is 35.5. The molecule has 0 saturated carbocycles. The second kappa shape index (κ2) is 9.24. The molecule has 0 aromatic heterocycles. The Morgan fingerprint density at radius 1 is 1.15 bits per heavy atom. The molecule has 0 amide bonds.